The van der Waals surface area contributed by atoms with Crippen molar-refractivity contribution in [1.82, 2.24) is 4.98 Å². The SMILES string of the molecule is CCCNc1cncc(C(=O)Nc2ccc(C)cc2C)c1. The Kier molecular flexibility index (Phi) is 4.93. The van der Waals surface area contributed by atoms with E-state index in [0.717, 1.165) is 29.9 Å². The van der Waals surface area contributed by atoms with E-state index in [2.05, 4.69) is 22.5 Å². The van der Waals surface area contributed by atoms with Gasteiger partial charge < -0.3 is 10.6 Å². The van der Waals surface area contributed by atoms with E-state index >= 15 is 0 Å². The van der Waals surface area contributed by atoms with Crippen molar-refractivity contribution in [3.8, 4) is 0 Å². The van der Waals surface area contributed by atoms with Crippen LogP contribution in [0.15, 0.2) is 36.7 Å². The summed E-state index contributed by atoms with van der Waals surface area (Å²) >= 11 is 0. The highest BCUT2D eigenvalue weighted by Crippen LogP contribution is 2.17. The second-order valence-corrected chi connectivity index (χ2v) is 5.16. The second kappa shape index (κ2) is 6.88. The van der Waals surface area contributed by atoms with E-state index in [4.69, 9.17) is 0 Å². The van der Waals surface area contributed by atoms with E-state index in [9.17, 15) is 4.79 Å². The van der Waals surface area contributed by atoms with Crippen molar-refractivity contribution in [2.24, 2.45) is 0 Å². The first-order valence-corrected chi connectivity index (χ1v) is 7.17. The minimum absolute atomic E-state index is 0.144. The van der Waals surface area contributed by atoms with Gasteiger partial charge in [-0.2, -0.15) is 0 Å². The van der Waals surface area contributed by atoms with Crippen molar-refractivity contribution >= 4 is 17.3 Å². The predicted molar refractivity (Wildman–Crippen MR) is 86.9 cm³/mol. The molecule has 0 radical (unpaired) electrons. The zero-order valence-electron chi connectivity index (χ0n) is 12.7. The first kappa shape index (κ1) is 15.0. The van der Waals surface area contributed by atoms with Gasteiger partial charge in [0.25, 0.3) is 5.91 Å². The molecule has 1 amide bonds. The molecule has 0 aliphatic rings. The Balaban J connectivity index is 2.12. The smallest absolute Gasteiger partial charge is 0.257 e. The lowest BCUT2D eigenvalue weighted by atomic mass is 10.1. The molecule has 0 spiro atoms. The lowest BCUT2D eigenvalue weighted by Crippen LogP contribution is -2.13. The van der Waals surface area contributed by atoms with E-state index in [1.165, 1.54) is 5.56 Å². The fourth-order valence-corrected chi connectivity index (χ4v) is 2.08. The minimum atomic E-state index is -0.144. The number of carbonyl (C=O) groups excluding carboxylic acids is 1. The van der Waals surface area contributed by atoms with Gasteiger partial charge in [-0.3, -0.25) is 9.78 Å². The van der Waals surface area contributed by atoms with Crippen molar-refractivity contribution < 1.29 is 4.79 Å². The lowest BCUT2D eigenvalue weighted by molar-refractivity contribution is 0.102. The summed E-state index contributed by atoms with van der Waals surface area (Å²) < 4.78 is 0. The van der Waals surface area contributed by atoms with Gasteiger partial charge in [-0.25, -0.2) is 0 Å². The zero-order chi connectivity index (χ0) is 15.2. The molecule has 1 heterocycles. The summed E-state index contributed by atoms with van der Waals surface area (Å²) in [5.41, 5.74) is 4.48. The Hall–Kier alpha value is -2.36. The lowest BCUT2D eigenvalue weighted by Gasteiger charge is -2.10. The summed E-state index contributed by atoms with van der Waals surface area (Å²) in [7, 11) is 0. The zero-order valence-corrected chi connectivity index (χ0v) is 12.7. The molecule has 1 aromatic carbocycles. The number of carbonyl (C=O) groups is 1. The molecule has 0 bridgehead atoms. The van der Waals surface area contributed by atoms with Gasteiger partial charge in [-0.1, -0.05) is 24.6 Å². The molecule has 0 saturated heterocycles. The topological polar surface area (TPSA) is 54.0 Å². The molecule has 110 valence electrons. The van der Waals surface area contributed by atoms with Crippen LogP contribution in [0.2, 0.25) is 0 Å². The van der Waals surface area contributed by atoms with Crippen LogP contribution in [-0.2, 0) is 0 Å². The molecule has 21 heavy (non-hydrogen) atoms. The number of pyridine rings is 1. The fourth-order valence-electron chi connectivity index (χ4n) is 2.08. The molecule has 2 aromatic rings. The van der Waals surface area contributed by atoms with Crippen molar-refractivity contribution in [2.45, 2.75) is 27.2 Å². The maximum Gasteiger partial charge on any atom is 0.257 e. The summed E-state index contributed by atoms with van der Waals surface area (Å²) in [6.45, 7) is 6.98. The molecular weight excluding hydrogens is 262 g/mol. The van der Waals surface area contributed by atoms with Crippen LogP contribution in [0.1, 0.15) is 34.8 Å². The van der Waals surface area contributed by atoms with Crippen LogP contribution in [-0.4, -0.2) is 17.4 Å². The average Bonchev–Trinajstić information content (AvgIpc) is 2.48. The van der Waals surface area contributed by atoms with E-state index in [-0.39, 0.29) is 5.91 Å². The van der Waals surface area contributed by atoms with Crippen LogP contribution in [0.5, 0.6) is 0 Å². The normalized spacial score (nSPS) is 10.2. The third-order valence-corrected chi connectivity index (χ3v) is 3.21. The number of rotatable bonds is 5. The minimum Gasteiger partial charge on any atom is -0.384 e. The molecule has 2 N–H and O–H groups in total. The van der Waals surface area contributed by atoms with Gasteiger partial charge in [0.15, 0.2) is 0 Å². The van der Waals surface area contributed by atoms with Crippen molar-refractivity contribution in [3.05, 3.63) is 53.3 Å². The van der Waals surface area contributed by atoms with Crippen molar-refractivity contribution in [2.75, 3.05) is 17.2 Å². The van der Waals surface area contributed by atoms with Crippen LogP contribution in [0, 0.1) is 13.8 Å². The van der Waals surface area contributed by atoms with Gasteiger partial charge in [0, 0.05) is 24.6 Å². The predicted octanol–water partition coefficient (Wildman–Crippen LogP) is 3.77. The fraction of sp³-hybridized carbons (Fsp3) is 0.294. The number of amides is 1. The van der Waals surface area contributed by atoms with Crippen LogP contribution in [0.4, 0.5) is 11.4 Å². The number of anilines is 2. The summed E-state index contributed by atoms with van der Waals surface area (Å²) in [6, 6.07) is 7.78. The first-order chi connectivity index (χ1) is 10.1. The standard InChI is InChI=1S/C17H21N3O/c1-4-7-19-15-9-14(10-18-11-15)17(21)20-16-6-5-12(2)8-13(16)3/h5-6,8-11,19H,4,7H2,1-3H3,(H,20,21). The molecule has 0 aliphatic carbocycles. The van der Waals surface area contributed by atoms with Gasteiger partial charge >= 0.3 is 0 Å². The number of aryl methyl sites for hydroxylation is 2. The third-order valence-electron chi connectivity index (χ3n) is 3.21. The Morgan fingerprint density at radius 2 is 2.00 bits per heavy atom. The Morgan fingerprint density at radius 1 is 1.19 bits per heavy atom. The van der Waals surface area contributed by atoms with Crippen LogP contribution in [0.3, 0.4) is 0 Å². The molecule has 2 rings (SSSR count). The number of aromatic nitrogens is 1. The Bertz CT molecular complexity index is 638. The highest BCUT2D eigenvalue weighted by atomic mass is 16.1. The molecule has 0 saturated carbocycles. The number of nitrogens with one attached hydrogen (secondary N) is 2. The van der Waals surface area contributed by atoms with Gasteiger partial charge in [0.1, 0.15) is 0 Å². The highest BCUT2D eigenvalue weighted by molar-refractivity contribution is 6.04. The number of hydrogen-bond acceptors (Lipinski definition) is 3. The van der Waals surface area contributed by atoms with E-state index in [1.807, 2.05) is 38.1 Å². The maximum atomic E-state index is 12.3. The molecule has 4 heteroatoms. The molecule has 0 unspecified atom stereocenters. The largest absolute Gasteiger partial charge is 0.384 e. The van der Waals surface area contributed by atoms with Crippen LogP contribution >= 0.6 is 0 Å². The molecule has 4 nitrogen and oxygen atoms in total. The molecule has 0 atom stereocenters. The van der Waals surface area contributed by atoms with Crippen LogP contribution < -0.4 is 10.6 Å². The third kappa shape index (κ3) is 4.05. The highest BCUT2D eigenvalue weighted by Gasteiger charge is 2.09. The summed E-state index contributed by atoms with van der Waals surface area (Å²) in [5, 5.41) is 6.16. The van der Waals surface area contributed by atoms with Gasteiger partial charge in [0.05, 0.1) is 11.3 Å². The monoisotopic (exact) mass is 283 g/mol. The summed E-state index contributed by atoms with van der Waals surface area (Å²) in [6.07, 6.45) is 4.33. The Morgan fingerprint density at radius 3 is 2.71 bits per heavy atom. The summed E-state index contributed by atoms with van der Waals surface area (Å²) in [5.74, 6) is -0.144. The Labute approximate surface area is 125 Å². The van der Waals surface area contributed by atoms with Gasteiger partial charge in [-0.05, 0) is 38.0 Å². The number of hydrogen-bond donors (Lipinski definition) is 2. The number of benzene rings is 1. The van der Waals surface area contributed by atoms with Crippen molar-refractivity contribution in [3.63, 3.8) is 0 Å². The second-order valence-electron chi connectivity index (χ2n) is 5.16. The quantitative estimate of drug-likeness (QED) is 0.878. The average molecular weight is 283 g/mol. The number of nitrogens with zero attached hydrogens (tertiary/aromatic N) is 1. The van der Waals surface area contributed by atoms with Crippen molar-refractivity contribution in [1.29, 1.82) is 0 Å². The molecule has 0 fully saturated rings. The molecule has 1 aromatic heterocycles. The molecule has 0 aliphatic heterocycles. The van der Waals surface area contributed by atoms with E-state index in [0.29, 0.717) is 5.56 Å². The van der Waals surface area contributed by atoms with E-state index < -0.39 is 0 Å². The maximum absolute atomic E-state index is 12.3. The summed E-state index contributed by atoms with van der Waals surface area (Å²) in [4.78, 5) is 16.4. The van der Waals surface area contributed by atoms with Gasteiger partial charge in [0.2, 0.25) is 0 Å². The first-order valence-electron chi connectivity index (χ1n) is 7.17. The molecular formula is C17H21N3O. The van der Waals surface area contributed by atoms with Gasteiger partial charge in [-0.15, -0.1) is 0 Å². The van der Waals surface area contributed by atoms with Crippen LogP contribution in [0.25, 0.3) is 0 Å². The van der Waals surface area contributed by atoms with E-state index in [1.54, 1.807) is 12.4 Å².